The number of amides is 1. The molecule has 0 radical (unpaired) electrons. The van der Waals surface area contributed by atoms with Crippen molar-refractivity contribution in [2.24, 2.45) is 5.92 Å². The van der Waals surface area contributed by atoms with E-state index in [1.807, 2.05) is 18.7 Å². The highest BCUT2D eigenvalue weighted by Gasteiger charge is 2.26. The first-order valence-electron chi connectivity index (χ1n) is 7.16. The molecule has 0 bridgehead atoms. The fourth-order valence-electron chi connectivity index (χ4n) is 2.90. The van der Waals surface area contributed by atoms with Crippen molar-refractivity contribution in [2.75, 3.05) is 26.3 Å². The van der Waals surface area contributed by atoms with Gasteiger partial charge in [-0.3, -0.25) is 4.79 Å². The van der Waals surface area contributed by atoms with E-state index >= 15 is 0 Å². The molecule has 104 valence electrons. The molecule has 18 heavy (non-hydrogen) atoms. The van der Waals surface area contributed by atoms with Crippen LogP contribution < -0.4 is 0 Å². The Bertz CT molecular complexity index is 266. The molecule has 0 saturated carbocycles. The SMILES string of the molecule is CC1CN(C(=O)CCC2CCOCC2)CC(C)O1. The van der Waals surface area contributed by atoms with Gasteiger partial charge in [-0.25, -0.2) is 0 Å². The summed E-state index contributed by atoms with van der Waals surface area (Å²) in [6.45, 7) is 7.30. The quantitative estimate of drug-likeness (QED) is 0.772. The number of hydrogen-bond donors (Lipinski definition) is 0. The number of hydrogen-bond acceptors (Lipinski definition) is 3. The van der Waals surface area contributed by atoms with Crippen LogP contribution in [0.4, 0.5) is 0 Å². The molecule has 2 unspecified atom stereocenters. The molecule has 0 aromatic carbocycles. The highest BCUT2D eigenvalue weighted by atomic mass is 16.5. The van der Waals surface area contributed by atoms with Crippen LogP contribution in [-0.4, -0.2) is 49.3 Å². The summed E-state index contributed by atoms with van der Waals surface area (Å²) < 4.78 is 11.0. The summed E-state index contributed by atoms with van der Waals surface area (Å²) in [6, 6.07) is 0. The highest BCUT2D eigenvalue weighted by Crippen LogP contribution is 2.21. The fourth-order valence-corrected chi connectivity index (χ4v) is 2.90. The molecule has 2 atom stereocenters. The minimum absolute atomic E-state index is 0.167. The van der Waals surface area contributed by atoms with Gasteiger partial charge in [0.15, 0.2) is 0 Å². The Morgan fingerprint density at radius 2 is 1.78 bits per heavy atom. The standard InChI is InChI=1S/C14H25NO3/c1-11-9-15(10-12(2)18-11)14(16)4-3-13-5-7-17-8-6-13/h11-13H,3-10H2,1-2H3. The number of morpholine rings is 1. The zero-order chi connectivity index (χ0) is 13.0. The first kappa shape index (κ1) is 13.8. The van der Waals surface area contributed by atoms with Gasteiger partial charge < -0.3 is 14.4 Å². The third kappa shape index (κ3) is 3.95. The summed E-state index contributed by atoms with van der Waals surface area (Å²) in [5.74, 6) is 0.974. The van der Waals surface area contributed by atoms with E-state index in [2.05, 4.69) is 0 Å². The summed E-state index contributed by atoms with van der Waals surface area (Å²) in [5, 5.41) is 0. The molecule has 4 nitrogen and oxygen atoms in total. The molecule has 2 saturated heterocycles. The summed E-state index contributed by atoms with van der Waals surface area (Å²) in [7, 11) is 0. The Balaban J connectivity index is 1.73. The van der Waals surface area contributed by atoms with Crippen LogP contribution in [0.1, 0.15) is 39.5 Å². The monoisotopic (exact) mass is 255 g/mol. The number of carbonyl (C=O) groups is 1. The van der Waals surface area contributed by atoms with Gasteiger partial charge in [0.05, 0.1) is 12.2 Å². The molecule has 2 rings (SSSR count). The smallest absolute Gasteiger partial charge is 0.222 e. The second-order valence-electron chi connectivity index (χ2n) is 5.65. The molecule has 2 fully saturated rings. The lowest BCUT2D eigenvalue weighted by atomic mass is 9.94. The maximum Gasteiger partial charge on any atom is 0.222 e. The number of nitrogens with zero attached hydrogens (tertiary/aromatic N) is 1. The van der Waals surface area contributed by atoms with Crippen molar-refractivity contribution >= 4 is 5.91 Å². The number of carbonyl (C=O) groups excluding carboxylic acids is 1. The molecule has 2 aliphatic rings. The average molecular weight is 255 g/mol. The van der Waals surface area contributed by atoms with Crippen LogP contribution >= 0.6 is 0 Å². The Morgan fingerprint density at radius 3 is 2.39 bits per heavy atom. The molecule has 0 N–H and O–H groups in total. The van der Waals surface area contributed by atoms with E-state index in [0.29, 0.717) is 18.2 Å². The first-order valence-corrected chi connectivity index (χ1v) is 7.16. The van der Waals surface area contributed by atoms with Gasteiger partial charge in [0.1, 0.15) is 0 Å². The molecule has 4 heteroatoms. The van der Waals surface area contributed by atoms with Crippen LogP contribution in [-0.2, 0) is 14.3 Å². The van der Waals surface area contributed by atoms with E-state index in [4.69, 9.17) is 9.47 Å². The van der Waals surface area contributed by atoms with Gasteiger partial charge in [-0.2, -0.15) is 0 Å². The largest absolute Gasteiger partial charge is 0.381 e. The minimum atomic E-state index is 0.167. The Morgan fingerprint density at radius 1 is 1.17 bits per heavy atom. The van der Waals surface area contributed by atoms with Crippen molar-refractivity contribution in [3.63, 3.8) is 0 Å². The van der Waals surface area contributed by atoms with Crippen molar-refractivity contribution in [1.82, 2.24) is 4.90 Å². The van der Waals surface area contributed by atoms with Gasteiger partial charge in [-0.05, 0) is 39.0 Å². The Labute approximate surface area is 110 Å². The maximum atomic E-state index is 12.2. The summed E-state index contributed by atoms with van der Waals surface area (Å²) >= 11 is 0. The fraction of sp³-hybridized carbons (Fsp3) is 0.929. The second-order valence-corrected chi connectivity index (χ2v) is 5.65. The van der Waals surface area contributed by atoms with E-state index < -0.39 is 0 Å². The van der Waals surface area contributed by atoms with E-state index in [0.717, 1.165) is 45.6 Å². The zero-order valence-electron chi connectivity index (χ0n) is 11.6. The van der Waals surface area contributed by atoms with Crippen LogP contribution in [0, 0.1) is 5.92 Å². The molecule has 0 aromatic heterocycles. The molecule has 0 aromatic rings. The predicted octanol–water partition coefficient (Wildman–Crippen LogP) is 1.83. The van der Waals surface area contributed by atoms with E-state index in [1.54, 1.807) is 0 Å². The van der Waals surface area contributed by atoms with Crippen LogP contribution in [0.3, 0.4) is 0 Å². The molecule has 2 aliphatic heterocycles. The highest BCUT2D eigenvalue weighted by molar-refractivity contribution is 5.76. The predicted molar refractivity (Wildman–Crippen MR) is 69.4 cm³/mol. The molecular formula is C14H25NO3. The zero-order valence-corrected chi connectivity index (χ0v) is 11.6. The van der Waals surface area contributed by atoms with Crippen molar-refractivity contribution in [3.8, 4) is 0 Å². The van der Waals surface area contributed by atoms with Gasteiger partial charge in [0, 0.05) is 32.7 Å². The van der Waals surface area contributed by atoms with Crippen LogP contribution in [0.5, 0.6) is 0 Å². The van der Waals surface area contributed by atoms with Crippen LogP contribution in [0.25, 0.3) is 0 Å². The third-order valence-corrected chi connectivity index (χ3v) is 3.88. The van der Waals surface area contributed by atoms with Crippen molar-refractivity contribution < 1.29 is 14.3 Å². The summed E-state index contributed by atoms with van der Waals surface area (Å²) in [6.07, 6.45) is 4.26. The Kier molecular flexibility index (Phi) is 5.01. The lowest BCUT2D eigenvalue weighted by Crippen LogP contribution is -2.48. The van der Waals surface area contributed by atoms with Gasteiger partial charge >= 0.3 is 0 Å². The minimum Gasteiger partial charge on any atom is -0.381 e. The van der Waals surface area contributed by atoms with Gasteiger partial charge in [-0.1, -0.05) is 0 Å². The van der Waals surface area contributed by atoms with Crippen molar-refractivity contribution in [2.45, 2.75) is 51.7 Å². The van der Waals surface area contributed by atoms with E-state index in [1.165, 1.54) is 0 Å². The maximum absolute atomic E-state index is 12.2. The van der Waals surface area contributed by atoms with E-state index in [-0.39, 0.29) is 12.2 Å². The third-order valence-electron chi connectivity index (χ3n) is 3.88. The first-order chi connectivity index (χ1) is 8.65. The van der Waals surface area contributed by atoms with Gasteiger partial charge in [0.2, 0.25) is 5.91 Å². The topological polar surface area (TPSA) is 38.8 Å². The normalized spacial score (nSPS) is 30.4. The van der Waals surface area contributed by atoms with Crippen LogP contribution in [0.2, 0.25) is 0 Å². The summed E-state index contributed by atoms with van der Waals surface area (Å²) in [5.41, 5.74) is 0. The van der Waals surface area contributed by atoms with Crippen molar-refractivity contribution in [3.05, 3.63) is 0 Å². The lowest BCUT2D eigenvalue weighted by Gasteiger charge is -2.35. The molecular weight excluding hydrogens is 230 g/mol. The van der Waals surface area contributed by atoms with Gasteiger partial charge in [-0.15, -0.1) is 0 Å². The number of rotatable bonds is 3. The molecule has 2 heterocycles. The lowest BCUT2D eigenvalue weighted by molar-refractivity contribution is -0.143. The van der Waals surface area contributed by atoms with Crippen LogP contribution in [0.15, 0.2) is 0 Å². The van der Waals surface area contributed by atoms with Gasteiger partial charge in [0.25, 0.3) is 0 Å². The number of ether oxygens (including phenoxy) is 2. The molecule has 0 aliphatic carbocycles. The van der Waals surface area contributed by atoms with Crippen molar-refractivity contribution in [1.29, 1.82) is 0 Å². The molecule has 1 amide bonds. The van der Waals surface area contributed by atoms with E-state index in [9.17, 15) is 4.79 Å². The molecule has 0 spiro atoms. The summed E-state index contributed by atoms with van der Waals surface area (Å²) in [4.78, 5) is 14.1. The second kappa shape index (κ2) is 6.53. The Hall–Kier alpha value is -0.610. The average Bonchev–Trinajstić information content (AvgIpc) is 2.36.